The number of hydrogen-bond donors (Lipinski definition) is 2. The minimum atomic E-state index is 0.336. The van der Waals surface area contributed by atoms with Gasteiger partial charge in [0.05, 0.1) is 0 Å². The van der Waals surface area contributed by atoms with Gasteiger partial charge in [0.25, 0.3) is 0 Å². The predicted molar refractivity (Wildman–Crippen MR) is 68.8 cm³/mol. The monoisotopic (exact) mass is 239 g/mol. The standard InChI is InChI=1S/C13H21NOS/c1-10(7-11-5-6-16-9-11)14-13-4-2-3-12(13)8-15/h5-6,9-10,12-15H,2-4,7-8H2,1H3. The summed E-state index contributed by atoms with van der Waals surface area (Å²) >= 11 is 1.76. The summed E-state index contributed by atoms with van der Waals surface area (Å²) in [7, 11) is 0. The quantitative estimate of drug-likeness (QED) is 0.827. The maximum Gasteiger partial charge on any atom is 0.0474 e. The van der Waals surface area contributed by atoms with E-state index in [0.29, 0.717) is 24.6 Å². The van der Waals surface area contributed by atoms with Crippen molar-refractivity contribution in [1.29, 1.82) is 0 Å². The van der Waals surface area contributed by atoms with Gasteiger partial charge in [-0.05, 0) is 54.5 Å². The first-order chi connectivity index (χ1) is 7.79. The van der Waals surface area contributed by atoms with E-state index in [9.17, 15) is 5.11 Å². The Labute approximate surface area is 102 Å². The molecule has 0 saturated heterocycles. The molecule has 0 amide bonds. The van der Waals surface area contributed by atoms with Gasteiger partial charge in [-0.15, -0.1) is 0 Å². The van der Waals surface area contributed by atoms with Crippen LogP contribution in [0.1, 0.15) is 31.7 Å². The van der Waals surface area contributed by atoms with Crippen LogP contribution in [0.5, 0.6) is 0 Å². The second-order valence-electron chi connectivity index (χ2n) is 4.88. The molecule has 0 radical (unpaired) electrons. The van der Waals surface area contributed by atoms with Crippen LogP contribution in [-0.2, 0) is 6.42 Å². The molecule has 0 aromatic carbocycles. The zero-order valence-corrected chi connectivity index (χ0v) is 10.7. The molecule has 16 heavy (non-hydrogen) atoms. The summed E-state index contributed by atoms with van der Waals surface area (Å²) in [4.78, 5) is 0. The van der Waals surface area contributed by atoms with E-state index < -0.39 is 0 Å². The first-order valence-electron chi connectivity index (χ1n) is 6.17. The Morgan fingerprint density at radius 3 is 3.12 bits per heavy atom. The van der Waals surface area contributed by atoms with Gasteiger partial charge < -0.3 is 10.4 Å². The normalized spacial score (nSPS) is 27.1. The van der Waals surface area contributed by atoms with Gasteiger partial charge in [-0.3, -0.25) is 0 Å². The van der Waals surface area contributed by atoms with E-state index in [4.69, 9.17) is 0 Å². The van der Waals surface area contributed by atoms with E-state index in [2.05, 4.69) is 29.1 Å². The van der Waals surface area contributed by atoms with Gasteiger partial charge >= 0.3 is 0 Å². The molecule has 1 aromatic heterocycles. The first kappa shape index (κ1) is 12.1. The highest BCUT2D eigenvalue weighted by molar-refractivity contribution is 7.07. The third-order valence-corrected chi connectivity index (χ3v) is 4.25. The molecule has 90 valence electrons. The van der Waals surface area contributed by atoms with Crippen LogP contribution in [0, 0.1) is 5.92 Å². The topological polar surface area (TPSA) is 32.3 Å². The zero-order chi connectivity index (χ0) is 11.4. The highest BCUT2D eigenvalue weighted by Gasteiger charge is 2.27. The van der Waals surface area contributed by atoms with Crippen molar-refractivity contribution in [3.05, 3.63) is 22.4 Å². The van der Waals surface area contributed by atoms with Gasteiger partial charge in [0.2, 0.25) is 0 Å². The van der Waals surface area contributed by atoms with E-state index in [1.54, 1.807) is 11.3 Å². The van der Waals surface area contributed by atoms with Crippen molar-refractivity contribution in [2.45, 2.75) is 44.7 Å². The highest BCUT2D eigenvalue weighted by atomic mass is 32.1. The van der Waals surface area contributed by atoms with Crippen LogP contribution in [-0.4, -0.2) is 23.8 Å². The van der Waals surface area contributed by atoms with Gasteiger partial charge in [0.1, 0.15) is 0 Å². The van der Waals surface area contributed by atoms with Crippen LogP contribution >= 0.6 is 11.3 Å². The molecule has 1 aliphatic rings. The Morgan fingerprint density at radius 1 is 1.56 bits per heavy atom. The average molecular weight is 239 g/mol. The minimum Gasteiger partial charge on any atom is -0.396 e. The second-order valence-corrected chi connectivity index (χ2v) is 5.66. The second kappa shape index (κ2) is 5.80. The lowest BCUT2D eigenvalue weighted by molar-refractivity contribution is 0.200. The molecule has 1 aliphatic carbocycles. The molecule has 1 saturated carbocycles. The zero-order valence-electron chi connectivity index (χ0n) is 9.86. The molecule has 1 aromatic rings. The SMILES string of the molecule is CC(Cc1ccsc1)NC1CCCC1CO. The van der Waals surface area contributed by atoms with Crippen molar-refractivity contribution in [2.24, 2.45) is 5.92 Å². The van der Waals surface area contributed by atoms with Gasteiger partial charge in [-0.1, -0.05) is 6.42 Å². The molecule has 3 atom stereocenters. The van der Waals surface area contributed by atoms with E-state index in [-0.39, 0.29) is 0 Å². The van der Waals surface area contributed by atoms with E-state index in [1.165, 1.54) is 24.8 Å². The van der Waals surface area contributed by atoms with Crippen LogP contribution in [0.15, 0.2) is 16.8 Å². The van der Waals surface area contributed by atoms with E-state index >= 15 is 0 Å². The molecule has 0 bridgehead atoms. The smallest absolute Gasteiger partial charge is 0.0474 e. The Morgan fingerprint density at radius 2 is 2.44 bits per heavy atom. The fraction of sp³-hybridized carbons (Fsp3) is 0.692. The lowest BCUT2D eigenvalue weighted by atomic mass is 10.0. The largest absolute Gasteiger partial charge is 0.396 e. The Balaban J connectivity index is 1.80. The lowest BCUT2D eigenvalue weighted by Gasteiger charge is -2.23. The number of aliphatic hydroxyl groups is 1. The van der Waals surface area contributed by atoms with Gasteiger partial charge in [0.15, 0.2) is 0 Å². The summed E-state index contributed by atoms with van der Waals surface area (Å²) in [6.45, 7) is 2.58. The molecule has 2 nitrogen and oxygen atoms in total. The molecule has 1 heterocycles. The Bertz CT molecular complexity index is 299. The molecule has 2 rings (SSSR count). The van der Waals surface area contributed by atoms with Crippen LogP contribution in [0.3, 0.4) is 0 Å². The van der Waals surface area contributed by atoms with Gasteiger partial charge in [-0.2, -0.15) is 11.3 Å². The molecule has 0 spiro atoms. The fourth-order valence-corrected chi connectivity index (χ4v) is 3.34. The number of rotatable bonds is 5. The van der Waals surface area contributed by atoms with Crippen molar-refractivity contribution < 1.29 is 5.11 Å². The van der Waals surface area contributed by atoms with Gasteiger partial charge in [0, 0.05) is 18.7 Å². The number of aliphatic hydroxyl groups excluding tert-OH is 1. The minimum absolute atomic E-state index is 0.336. The average Bonchev–Trinajstić information content (AvgIpc) is 2.88. The summed E-state index contributed by atoms with van der Waals surface area (Å²) in [6, 6.07) is 3.23. The maximum atomic E-state index is 9.27. The Kier molecular flexibility index (Phi) is 4.38. The number of thiophene rings is 1. The molecule has 3 heteroatoms. The van der Waals surface area contributed by atoms with Crippen LogP contribution in [0.25, 0.3) is 0 Å². The number of hydrogen-bond acceptors (Lipinski definition) is 3. The lowest BCUT2D eigenvalue weighted by Crippen LogP contribution is -2.40. The van der Waals surface area contributed by atoms with E-state index in [1.807, 2.05) is 0 Å². The molecule has 3 unspecified atom stereocenters. The van der Waals surface area contributed by atoms with E-state index in [0.717, 1.165) is 6.42 Å². The molecule has 2 N–H and O–H groups in total. The Hall–Kier alpha value is -0.380. The molecule has 0 aliphatic heterocycles. The van der Waals surface area contributed by atoms with Crippen molar-refractivity contribution in [3.63, 3.8) is 0 Å². The summed E-state index contributed by atoms with van der Waals surface area (Å²) < 4.78 is 0. The summed E-state index contributed by atoms with van der Waals surface area (Å²) in [6.07, 6.45) is 4.75. The van der Waals surface area contributed by atoms with Gasteiger partial charge in [-0.25, -0.2) is 0 Å². The highest BCUT2D eigenvalue weighted by Crippen LogP contribution is 2.25. The molecule has 1 fully saturated rings. The van der Waals surface area contributed by atoms with Crippen molar-refractivity contribution >= 4 is 11.3 Å². The molecular weight excluding hydrogens is 218 g/mol. The summed E-state index contributed by atoms with van der Waals surface area (Å²) in [5.74, 6) is 0.477. The van der Waals surface area contributed by atoms with Crippen molar-refractivity contribution in [1.82, 2.24) is 5.32 Å². The van der Waals surface area contributed by atoms with Crippen molar-refractivity contribution in [3.8, 4) is 0 Å². The van der Waals surface area contributed by atoms with Crippen LogP contribution in [0.2, 0.25) is 0 Å². The predicted octanol–water partition coefficient (Wildman–Crippen LogP) is 2.43. The summed E-state index contributed by atoms with van der Waals surface area (Å²) in [5.41, 5.74) is 1.42. The third-order valence-electron chi connectivity index (χ3n) is 3.51. The maximum absolute atomic E-state index is 9.27. The van der Waals surface area contributed by atoms with Crippen LogP contribution < -0.4 is 5.32 Å². The number of nitrogens with one attached hydrogen (secondary N) is 1. The fourth-order valence-electron chi connectivity index (χ4n) is 2.66. The van der Waals surface area contributed by atoms with Crippen LogP contribution in [0.4, 0.5) is 0 Å². The molecular formula is C13H21NOS. The first-order valence-corrected chi connectivity index (χ1v) is 7.12. The van der Waals surface area contributed by atoms with Crippen molar-refractivity contribution in [2.75, 3.05) is 6.61 Å². The summed E-state index contributed by atoms with van der Waals surface area (Å²) in [5, 5.41) is 17.3. The third kappa shape index (κ3) is 3.06.